The Labute approximate surface area is 201 Å². The molecule has 0 radical (unpaired) electrons. The van der Waals surface area contributed by atoms with Gasteiger partial charge in [0.2, 0.25) is 6.79 Å². The van der Waals surface area contributed by atoms with Crippen molar-refractivity contribution in [1.82, 2.24) is 30.1 Å². The van der Waals surface area contributed by atoms with Crippen LogP contribution in [0.3, 0.4) is 0 Å². The van der Waals surface area contributed by atoms with Crippen molar-refractivity contribution in [3.8, 4) is 11.5 Å². The summed E-state index contributed by atoms with van der Waals surface area (Å²) < 4.78 is 18.7. The number of aromatic nitrogens is 5. The van der Waals surface area contributed by atoms with Crippen LogP contribution in [0.5, 0.6) is 11.5 Å². The van der Waals surface area contributed by atoms with Crippen molar-refractivity contribution in [1.29, 1.82) is 0 Å². The molecule has 1 aliphatic carbocycles. The molecule has 1 saturated carbocycles. The van der Waals surface area contributed by atoms with Gasteiger partial charge in [-0.2, -0.15) is 0 Å². The molecule has 1 fully saturated rings. The molecule has 10 heteroatoms. The van der Waals surface area contributed by atoms with Crippen LogP contribution in [0.2, 0.25) is 0 Å². The maximum atomic E-state index is 13.1. The molecule has 182 valence electrons. The molecule has 3 aromatic heterocycles. The summed E-state index contributed by atoms with van der Waals surface area (Å²) in [7, 11) is 0. The number of aromatic amines is 1. The molecule has 35 heavy (non-hydrogen) atoms. The Balaban J connectivity index is 1.37. The van der Waals surface area contributed by atoms with Crippen LogP contribution < -0.4 is 15.0 Å². The number of furan rings is 1. The monoisotopic (exact) mass is 476 g/mol. The molecule has 1 aliphatic heterocycles. The molecule has 1 aromatic carbocycles. The average molecular weight is 477 g/mol. The Morgan fingerprint density at radius 3 is 2.77 bits per heavy atom. The van der Waals surface area contributed by atoms with Crippen molar-refractivity contribution in [3.05, 3.63) is 64.1 Å². The van der Waals surface area contributed by atoms with Crippen molar-refractivity contribution < 1.29 is 13.9 Å². The fraction of sp³-hybridized carbons (Fsp3) is 0.440. The van der Waals surface area contributed by atoms with Gasteiger partial charge in [0, 0.05) is 23.6 Å². The van der Waals surface area contributed by atoms with E-state index in [0.29, 0.717) is 36.2 Å². The first-order chi connectivity index (χ1) is 17.2. The number of H-pyrrole nitrogens is 1. The van der Waals surface area contributed by atoms with Gasteiger partial charge in [-0.1, -0.05) is 19.8 Å². The Hall–Kier alpha value is -3.66. The number of nitrogens with zero attached hydrogens (tertiary/aromatic N) is 5. The van der Waals surface area contributed by atoms with Gasteiger partial charge in [0.1, 0.15) is 5.76 Å². The van der Waals surface area contributed by atoms with Gasteiger partial charge in [-0.3, -0.25) is 9.69 Å². The van der Waals surface area contributed by atoms with Crippen LogP contribution in [0.15, 0.2) is 45.8 Å². The zero-order valence-corrected chi connectivity index (χ0v) is 19.6. The van der Waals surface area contributed by atoms with Crippen molar-refractivity contribution in [2.24, 2.45) is 0 Å². The normalized spacial score (nSPS) is 16.5. The minimum Gasteiger partial charge on any atom is -0.468 e. The van der Waals surface area contributed by atoms with Crippen LogP contribution in [0.4, 0.5) is 0 Å². The minimum atomic E-state index is -0.133. The van der Waals surface area contributed by atoms with E-state index in [9.17, 15) is 4.79 Å². The lowest BCUT2D eigenvalue weighted by Crippen LogP contribution is -2.32. The maximum absolute atomic E-state index is 13.1. The summed E-state index contributed by atoms with van der Waals surface area (Å²) in [5.41, 5.74) is 1.24. The molecule has 0 spiro atoms. The molecule has 1 atom stereocenters. The Bertz CT molecular complexity index is 1370. The fourth-order valence-corrected chi connectivity index (χ4v) is 5.29. The van der Waals surface area contributed by atoms with Gasteiger partial charge in [0.15, 0.2) is 17.3 Å². The highest BCUT2D eigenvalue weighted by molar-refractivity contribution is 5.83. The molecule has 6 rings (SSSR count). The summed E-state index contributed by atoms with van der Waals surface area (Å²) in [6.45, 7) is 3.25. The minimum absolute atomic E-state index is 0.0810. The topological polar surface area (TPSA) is 111 Å². The molecule has 4 aromatic rings. The molecular weight excluding hydrogens is 448 g/mol. The number of pyridine rings is 1. The van der Waals surface area contributed by atoms with E-state index in [1.54, 1.807) is 6.26 Å². The van der Waals surface area contributed by atoms with Crippen LogP contribution in [0, 0.1) is 0 Å². The Morgan fingerprint density at radius 2 is 2.00 bits per heavy atom. The number of hydrogen-bond donors (Lipinski definition) is 1. The summed E-state index contributed by atoms with van der Waals surface area (Å²) in [6, 6.07) is 9.72. The number of nitrogens with one attached hydrogen (secondary N) is 1. The van der Waals surface area contributed by atoms with E-state index < -0.39 is 0 Å². The number of benzene rings is 1. The number of hydrogen-bond acceptors (Lipinski definition) is 8. The maximum Gasteiger partial charge on any atom is 0.252 e. The van der Waals surface area contributed by atoms with Crippen molar-refractivity contribution in [2.45, 2.75) is 64.2 Å². The van der Waals surface area contributed by atoms with Gasteiger partial charge >= 0.3 is 0 Å². The van der Waals surface area contributed by atoms with E-state index in [1.807, 2.05) is 35.0 Å². The first-order valence-corrected chi connectivity index (χ1v) is 12.2. The highest BCUT2D eigenvalue weighted by Crippen LogP contribution is 2.36. The van der Waals surface area contributed by atoms with Crippen LogP contribution in [-0.2, 0) is 13.1 Å². The van der Waals surface area contributed by atoms with Crippen LogP contribution in [0.25, 0.3) is 10.9 Å². The predicted molar refractivity (Wildman–Crippen MR) is 127 cm³/mol. The van der Waals surface area contributed by atoms with E-state index >= 15 is 0 Å². The molecule has 0 saturated heterocycles. The summed E-state index contributed by atoms with van der Waals surface area (Å²) >= 11 is 0. The predicted octanol–water partition coefficient (Wildman–Crippen LogP) is 4.10. The number of tetrazole rings is 1. The second-order valence-electron chi connectivity index (χ2n) is 9.24. The smallest absolute Gasteiger partial charge is 0.252 e. The highest BCUT2D eigenvalue weighted by Gasteiger charge is 2.30. The van der Waals surface area contributed by atoms with E-state index in [4.69, 9.17) is 13.9 Å². The highest BCUT2D eigenvalue weighted by atomic mass is 16.7. The van der Waals surface area contributed by atoms with Gasteiger partial charge in [0.05, 0.1) is 30.4 Å². The van der Waals surface area contributed by atoms with Crippen LogP contribution in [0.1, 0.15) is 68.3 Å². The van der Waals surface area contributed by atoms with Gasteiger partial charge < -0.3 is 18.9 Å². The molecular formula is C25H28N6O4. The second-order valence-corrected chi connectivity index (χ2v) is 9.24. The Morgan fingerprint density at radius 1 is 1.17 bits per heavy atom. The SMILES string of the molecule is CCC(c1nnnn1C1CCCC1)N(Cc1ccco1)Cc1cc2cc3c(cc2[nH]c1=O)OCO3. The first-order valence-electron chi connectivity index (χ1n) is 12.2. The molecule has 0 amide bonds. The lowest BCUT2D eigenvalue weighted by Gasteiger charge is -2.30. The van der Waals surface area contributed by atoms with Gasteiger partial charge in [-0.05, 0) is 54.0 Å². The van der Waals surface area contributed by atoms with Crippen molar-refractivity contribution >= 4 is 10.9 Å². The van der Waals surface area contributed by atoms with Crippen molar-refractivity contribution in [2.75, 3.05) is 6.79 Å². The Kier molecular flexibility index (Phi) is 5.73. The third kappa shape index (κ3) is 4.18. The number of fused-ring (bicyclic) bond motifs is 2. The number of ether oxygens (including phenoxy) is 2. The number of rotatable bonds is 8. The quantitative estimate of drug-likeness (QED) is 0.405. The summed E-state index contributed by atoms with van der Waals surface area (Å²) in [5.74, 6) is 2.99. The van der Waals surface area contributed by atoms with Gasteiger partial charge in [0.25, 0.3) is 5.56 Å². The van der Waals surface area contributed by atoms with Gasteiger partial charge in [-0.15, -0.1) is 5.10 Å². The molecule has 1 N–H and O–H groups in total. The zero-order valence-electron chi connectivity index (χ0n) is 19.6. The van der Waals surface area contributed by atoms with E-state index in [-0.39, 0.29) is 18.4 Å². The second kappa shape index (κ2) is 9.18. The lowest BCUT2D eigenvalue weighted by molar-refractivity contribution is 0.146. The fourth-order valence-electron chi connectivity index (χ4n) is 5.29. The first kappa shape index (κ1) is 21.8. The van der Waals surface area contributed by atoms with Crippen LogP contribution >= 0.6 is 0 Å². The zero-order chi connectivity index (χ0) is 23.8. The summed E-state index contributed by atoms with van der Waals surface area (Å²) in [5, 5.41) is 13.7. The molecule has 2 aliphatic rings. The van der Waals surface area contributed by atoms with Gasteiger partial charge in [-0.25, -0.2) is 4.68 Å². The third-order valence-corrected chi connectivity index (χ3v) is 7.04. The van der Waals surface area contributed by atoms with E-state index in [0.717, 1.165) is 41.8 Å². The summed E-state index contributed by atoms with van der Waals surface area (Å²) in [4.78, 5) is 18.4. The third-order valence-electron chi connectivity index (χ3n) is 7.04. The average Bonchev–Trinajstić information content (AvgIpc) is 3.66. The largest absolute Gasteiger partial charge is 0.468 e. The summed E-state index contributed by atoms with van der Waals surface area (Å²) in [6.07, 6.45) is 7.03. The van der Waals surface area contributed by atoms with Crippen LogP contribution in [-0.4, -0.2) is 36.9 Å². The van der Waals surface area contributed by atoms with E-state index in [2.05, 4.69) is 32.3 Å². The molecule has 10 nitrogen and oxygen atoms in total. The van der Waals surface area contributed by atoms with E-state index in [1.165, 1.54) is 12.8 Å². The lowest BCUT2D eigenvalue weighted by atomic mass is 10.1. The standard InChI is InChI=1S/C25H28N6O4/c1-2-21(24-27-28-29-31(24)18-6-3-4-7-18)30(14-19-8-5-9-33-19)13-17-10-16-11-22-23(35-15-34-22)12-20(16)26-25(17)32/h5,8-12,18,21H,2-4,6-7,13-15H2,1H3,(H,26,32). The van der Waals surface area contributed by atoms with Crippen molar-refractivity contribution in [3.63, 3.8) is 0 Å². The molecule has 1 unspecified atom stereocenters. The molecule has 4 heterocycles. The molecule has 0 bridgehead atoms.